The monoisotopic (exact) mass is 706 g/mol. The fourth-order valence-electron chi connectivity index (χ4n) is 8.98. The van der Waals surface area contributed by atoms with Crippen LogP contribution in [0.3, 0.4) is 0 Å². The van der Waals surface area contributed by atoms with Gasteiger partial charge >= 0.3 is 0 Å². The van der Waals surface area contributed by atoms with E-state index in [4.69, 9.17) is 4.42 Å². The zero-order valence-electron chi connectivity index (χ0n) is 31.3. The molecule has 0 spiro atoms. The largest absolute Gasteiger partial charge is 0.456 e. The van der Waals surface area contributed by atoms with Crippen molar-refractivity contribution in [3.63, 3.8) is 0 Å². The molecule has 0 aliphatic heterocycles. The number of hydrogen-bond acceptors (Lipinski definition) is 1. The molecule has 9 aromatic rings. The van der Waals surface area contributed by atoms with E-state index in [2.05, 4.69) is 190 Å². The van der Waals surface area contributed by atoms with Gasteiger partial charge in [-0.05, 0) is 109 Å². The molecule has 0 amide bonds. The first-order chi connectivity index (χ1) is 27.0. The van der Waals surface area contributed by atoms with Crippen molar-refractivity contribution in [2.45, 2.75) is 38.0 Å². The van der Waals surface area contributed by atoms with Crippen molar-refractivity contribution in [3.05, 3.63) is 216 Å². The van der Waals surface area contributed by atoms with E-state index in [0.29, 0.717) is 0 Å². The summed E-state index contributed by atoms with van der Waals surface area (Å²) in [5.74, 6) is 0.252. The number of para-hydroxylation sites is 1. The highest BCUT2D eigenvalue weighted by Gasteiger charge is 2.35. The van der Waals surface area contributed by atoms with Crippen LogP contribution in [0.15, 0.2) is 192 Å². The zero-order valence-corrected chi connectivity index (χ0v) is 31.3. The molecule has 1 atom stereocenters. The third-order valence-electron chi connectivity index (χ3n) is 12.0. The van der Waals surface area contributed by atoms with Gasteiger partial charge in [-0.2, -0.15) is 0 Å². The van der Waals surface area contributed by atoms with Crippen LogP contribution in [0.5, 0.6) is 0 Å². The van der Waals surface area contributed by atoms with Crippen LogP contribution in [-0.4, -0.2) is 0 Å². The van der Waals surface area contributed by atoms with Crippen LogP contribution in [0.1, 0.15) is 54.0 Å². The predicted molar refractivity (Wildman–Crippen MR) is 231 cm³/mol. The van der Waals surface area contributed by atoms with Crippen molar-refractivity contribution in [1.29, 1.82) is 0 Å². The molecule has 1 aromatic heterocycles. The molecule has 1 aliphatic carbocycles. The molecule has 55 heavy (non-hydrogen) atoms. The summed E-state index contributed by atoms with van der Waals surface area (Å²) in [5.41, 5.74) is 18.9. The molecule has 264 valence electrons. The first kappa shape index (κ1) is 33.2. The minimum atomic E-state index is -0.00707. The second-order valence-electron chi connectivity index (χ2n) is 15.6. The SMILES string of the molecule is CC1(C)c2ccccc2-c2cc(C(CCc3ccc(-c4ccc5oc6ccccc6c5c4)cc3)c3ccc(-c4cccc(-c5ccccc5)c4)cc3)ccc21. The molecular formula is C54H42O. The smallest absolute Gasteiger partial charge is 0.135 e. The van der Waals surface area contributed by atoms with E-state index >= 15 is 0 Å². The first-order valence-corrected chi connectivity index (χ1v) is 19.5. The van der Waals surface area contributed by atoms with Crippen molar-refractivity contribution in [2.24, 2.45) is 0 Å². The van der Waals surface area contributed by atoms with Gasteiger partial charge in [-0.15, -0.1) is 0 Å². The Labute approximate surface area is 323 Å². The molecule has 1 nitrogen and oxygen atoms in total. The summed E-state index contributed by atoms with van der Waals surface area (Å²) in [7, 11) is 0. The Morgan fingerprint density at radius 3 is 1.80 bits per heavy atom. The third kappa shape index (κ3) is 5.97. The van der Waals surface area contributed by atoms with E-state index in [1.165, 1.54) is 72.3 Å². The van der Waals surface area contributed by atoms with Crippen molar-refractivity contribution in [1.82, 2.24) is 0 Å². The Kier molecular flexibility index (Phi) is 8.11. The van der Waals surface area contributed by atoms with Crippen molar-refractivity contribution < 1.29 is 4.42 Å². The van der Waals surface area contributed by atoms with Crippen LogP contribution in [0.25, 0.3) is 66.4 Å². The predicted octanol–water partition coefficient (Wildman–Crippen LogP) is 14.7. The summed E-state index contributed by atoms with van der Waals surface area (Å²) >= 11 is 0. The summed E-state index contributed by atoms with van der Waals surface area (Å²) < 4.78 is 6.09. The van der Waals surface area contributed by atoms with E-state index < -0.39 is 0 Å². The molecule has 0 saturated heterocycles. The highest BCUT2D eigenvalue weighted by Crippen LogP contribution is 2.49. The van der Waals surface area contributed by atoms with E-state index in [1.54, 1.807) is 0 Å². The minimum Gasteiger partial charge on any atom is -0.456 e. The van der Waals surface area contributed by atoms with Gasteiger partial charge < -0.3 is 4.42 Å². The fourth-order valence-corrected chi connectivity index (χ4v) is 8.98. The van der Waals surface area contributed by atoms with Crippen LogP contribution in [0.4, 0.5) is 0 Å². The maximum atomic E-state index is 6.09. The standard InChI is InChI=1S/C54H42O/c1-54(2)50-17-8-6-15-46(50)48-35-44(28-31-51(48)54)45(40-26-24-39(25-27-40)42-14-10-13-41(33-42)37-11-4-3-5-12-37)30-21-36-19-22-38(23-20-36)43-29-32-53-49(34-43)47-16-7-9-18-52(47)55-53/h3-20,22-29,31-35,45H,21,30H2,1-2H3. The zero-order chi connectivity index (χ0) is 36.9. The lowest BCUT2D eigenvalue weighted by atomic mass is 9.80. The number of benzene rings is 8. The number of furan rings is 1. The molecule has 1 heterocycles. The summed E-state index contributed by atoms with van der Waals surface area (Å²) in [6.45, 7) is 4.72. The Balaban J connectivity index is 0.965. The molecule has 0 bridgehead atoms. The quantitative estimate of drug-likeness (QED) is 0.153. The Hall–Kier alpha value is -6.44. The maximum absolute atomic E-state index is 6.09. The van der Waals surface area contributed by atoms with Gasteiger partial charge in [0.15, 0.2) is 0 Å². The normalized spacial score (nSPS) is 13.5. The topological polar surface area (TPSA) is 13.1 Å². The number of aryl methyl sites for hydroxylation is 1. The van der Waals surface area contributed by atoms with Crippen molar-refractivity contribution in [2.75, 3.05) is 0 Å². The van der Waals surface area contributed by atoms with Gasteiger partial charge in [-0.3, -0.25) is 0 Å². The van der Waals surface area contributed by atoms with E-state index in [0.717, 1.165) is 34.8 Å². The minimum absolute atomic E-state index is 0.00707. The number of rotatable bonds is 8. The van der Waals surface area contributed by atoms with Crippen molar-refractivity contribution >= 4 is 21.9 Å². The maximum Gasteiger partial charge on any atom is 0.135 e. The molecule has 0 N–H and O–H groups in total. The molecule has 10 rings (SSSR count). The molecular weight excluding hydrogens is 665 g/mol. The third-order valence-corrected chi connectivity index (χ3v) is 12.0. The summed E-state index contributed by atoms with van der Waals surface area (Å²) in [6.07, 6.45) is 2.00. The highest BCUT2D eigenvalue weighted by atomic mass is 16.3. The summed E-state index contributed by atoms with van der Waals surface area (Å²) in [5, 5.41) is 2.32. The van der Waals surface area contributed by atoms with Gasteiger partial charge in [0.1, 0.15) is 11.2 Å². The highest BCUT2D eigenvalue weighted by molar-refractivity contribution is 6.06. The van der Waals surface area contributed by atoms with E-state index in [-0.39, 0.29) is 11.3 Å². The average Bonchev–Trinajstić information content (AvgIpc) is 3.73. The van der Waals surface area contributed by atoms with Gasteiger partial charge in [-0.1, -0.05) is 178 Å². The van der Waals surface area contributed by atoms with Crippen molar-refractivity contribution in [3.8, 4) is 44.5 Å². The van der Waals surface area contributed by atoms with Crippen LogP contribution in [-0.2, 0) is 11.8 Å². The molecule has 1 unspecified atom stereocenters. The van der Waals surface area contributed by atoms with Gasteiger partial charge in [0.25, 0.3) is 0 Å². The lowest BCUT2D eigenvalue weighted by Crippen LogP contribution is -2.15. The van der Waals surface area contributed by atoms with E-state index in [1.807, 2.05) is 12.1 Å². The lowest BCUT2D eigenvalue weighted by molar-refractivity contribution is 0.659. The van der Waals surface area contributed by atoms with Gasteiger partial charge in [-0.25, -0.2) is 0 Å². The summed E-state index contributed by atoms with van der Waals surface area (Å²) in [6, 6.07) is 69.1. The van der Waals surface area contributed by atoms with Crippen LogP contribution in [0.2, 0.25) is 0 Å². The van der Waals surface area contributed by atoms with Gasteiger partial charge in [0, 0.05) is 22.1 Å². The van der Waals surface area contributed by atoms with Gasteiger partial charge in [0.2, 0.25) is 0 Å². The van der Waals surface area contributed by atoms with Gasteiger partial charge in [0.05, 0.1) is 0 Å². The molecule has 1 aliphatic rings. The average molecular weight is 707 g/mol. The molecule has 1 heteroatoms. The van der Waals surface area contributed by atoms with Crippen LogP contribution < -0.4 is 0 Å². The lowest BCUT2D eigenvalue weighted by Gasteiger charge is -2.23. The molecule has 0 fully saturated rings. The Morgan fingerprint density at radius 2 is 1.00 bits per heavy atom. The molecule has 0 saturated carbocycles. The van der Waals surface area contributed by atoms with Crippen LogP contribution in [0, 0.1) is 0 Å². The second kappa shape index (κ2) is 13.4. The fraction of sp³-hybridized carbons (Fsp3) is 0.111. The second-order valence-corrected chi connectivity index (χ2v) is 15.6. The number of hydrogen-bond donors (Lipinski definition) is 0. The van der Waals surface area contributed by atoms with E-state index in [9.17, 15) is 0 Å². The van der Waals surface area contributed by atoms with Crippen LogP contribution >= 0.6 is 0 Å². The Bertz CT molecular complexity index is 2820. The Morgan fingerprint density at radius 1 is 0.418 bits per heavy atom. The molecule has 0 radical (unpaired) electrons. The first-order valence-electron chi connectivity index (χ1n) is 19.5. The number of fused-ring (bicyclic) bond motifs is 6. The summed E-state index contributed by atoms with van der Waals surface area (Å²) in [4.78, 5) is 0. The molecule has 8 aromatic carbocycles.